The van der Waals surface area contributed by atoms with Gasteiger partial charge in [-0.3, -0.25) is 4.79 Å². The summed E-state index contributed by atoms with van der Waals surface area (Å²) in [5, 5.41) is 0. The van der Waals surface area contributed by atoms with Gasteiger partial charge in [0.1, 0.15) is 12.4 Å². The van der Waals surface area contributed by atoms with Gasteiger partial charge in [0.05, 0.1) is 5.56 Å². The van der Waals surface area contributed by atoms with Crippen LogP contribution in [0.5, 0.6) is 5.75 Å². The van der Waals surface area contributed by atoms with E-state index >= 15 is 0 Å². The van der Waals surface area contributed by atoms with Crippen LogP contribution in [0.15, 0.2) is 54.1 Å². The van der Waals surface area contributed by atoms with Crippen LogP contribution in [0.3, 0.4) is 0 Å². The molecule has 132 valence electrons. The zero-order valence-electron chi connectivity index (χ0n) is 13.9. The lowest BCUT2D eigenvalue weighted by Crippen LogP contribution is -2.14. The van der Waals surface area contributed by atoms with Gasteiger partial charge in [-0.15, -0.1) is 0 Å². The van der Waals surface area contributed by atoms with Crippen molar-refractivity contribution in [2.24, 2.45) is 5.73 Å². The number of nitrogens with two attached hydrogens (primary N) is 1. The van der Waals surface area contributed by atoms with Crippen LogP contribution >= 0.6 is 0 Å². The highest BCUT2D eigenvalue weighted by Crippen LogP contribution is 2.35. The molecule has 1 amide bonds. The van der Waals surface area contributed by atoms with Crippen LogP contribution in [-0.2, 0) is 17.6 Å². The first-order valence-corrected chi connectivity index (χ1v) is 7.55. The quantitative estimate of drug-likeness (QED) is 0.808. The summed E-state index contributed by atoms with van der Waals surface area (Å²) in [6.45, 7) is 3.62. The minimum atomic E-state index is -4.45. The Morgan fingerprint density at radius 3 is 2.00 bits per heavy atom. The Labute approximate surface area is 143 Å². The van der Waals surface area contributed by atoms with Gasteiger partial charge in [-0.25, -0.2) is 0 Å². The summed E-state index contributed by atoms with van der Waals surface area (Å²) in [4.78, 5) is 11.0. The zero-order chi connectivity index (χ0) is 18.6. The Morgan fingerprint density at radius 2 is 1.64 bits per heavy atom. The van der Waals surface area contributed by atoms with E-state index in [2.05, 4.69) is 12.1 Å². The van der Waals surface area contributed by atoms with E-state index in [0.717, 1.165) is 18.4 Å². The Bertz CT molecular complexity index is 770. The zero-order valence-corrected chi connectivity index (χ0v) is 13.9. The van der Waals surface area contributed by atoms with Crippen LogP contribution in [-0.4, -0.2) is 5.91 Å². The Morgan fingerprint density at radius 1 is 1.04 bits per heavy atom. The van der Waals surface area contributed by atoms with Crippen molar-refractivity contribution in [3.8, 4) is 5.75 Å². The van der Waals surface area contributed by atoms with Gasteiger partial charge in [0.2, 0.25) is 5.91 Å². The number of primary amides is 1. The molecule has 0 unspecified atom stereocenters. The van der Waals surface area contributed by atoms with Crippen LogP contribution in [0.2, 0.25) is 0 Å². The summed E-state index contributed by atoms with van der Waals surface area (Å²) >= 11 is 0. The van der Waals surface area contributed by atoms with Crippen LogP contribution in [0.4, 0.5) is 13.2 Å². The Balaban J connectivity index is 0.000000230. The summed E-state index contributed by atoms with van der Waals surface area (Å²) in [5.41, 5.74) is 5.90. The van der Waals surface area contributed by atoms with E-state index in [-0.39, 0.29) is 16.7 Å². The number of alkyl halides is 3. The SMILES string of the molecule is CC(C(N)=O)=C(C)c1ccccc1C(F)(F)F.c1cc2ccc1CO2. The monoisotopic (exact) mass is 349 g/mol. The van der Waals surface area contributed by atoms with Crippen LogP contribution in [0.25, 0.3) is 5.57 Å². The number of fused-ring (bicyclic) bond motifs is 3. The third-order valence-electron chi connectivity index (χ3n) is 3.90. The number of hydrogen-bond donors (Lipinski definition) is 1. The highest BCUT2D eigenvalue weighted by Gasteiger charge is 2.33. The molecule has 4 rings (SSSR count). The molecule has 0 saturated carbocycles. The lowest BCUT2D eigenvalue weighted by molar-refractivity contribution is -0.137. The second-order valence-electron chi connectivity index (χ2n) is 5.59. The van der Waals surface area contributed by atoms with Crippen molar-refractivity contribution in [2.45, 2.75) is 26.6 Å². The maximum Gasteiger partial charge on any atom is 0.416 e. The number of hydrogen-bond acceptors (Lipinski definition) is 2. The van der Waals surface area contributed by atoms with Crippen LogP contribution in [0.1, 0.15) is 30.5 Å². The topological polar surface area (TPSA) is 52.3 Å². The molecule has 0 radical (unpaired) electrons. The molecular weight excluding hydrogens is 331 g/mol. The molecule has 0 saturated heterocycles. The average Bonchev–Trinajstić information content (AvgIpc) is 2.62. The molecule has 3 nitrogen and oxygen atoms in total. The van der Waals surface area contributed by atoms with Gasteiger partial charge in [0.25, 0.3) is 0 Å². The highest BCUT2D eigenvalue weighted by atomic mass is 19.4. The third-order valence-corrected chi connectivity index (χ3v) is 3.90. The van der Waals surface area contributed by atoms with Crippen molar-refractivity contribution >= 4 is 11.5 Å². The fourth-order valence-electron chi connectivity index (χ4n) is 2.29. The summed E-state index contributed by atoms with van der Waals surface area (Å²) < 4.78 is 43.4. The molecule has 2 aliphatic rings. The number of halogens is 3. The minimum absolute atomic E-state index is 0.0173. The summed E-state index contributed by atoms with van der Waals surface area (Å²) in [6, 6.07) is 13.2. The van der Waals surface area contributed by atoms with Gasteiger partial charge >= 0.3 is 6.18 Å². The third kappa shape index (κ3) is 4.62. The molecule has 0 spiro atoms. The molecule has 0 fully saturated rings. The van der Waals surface area contributed by atoms with E-state index in [9.17, 15) is 18.0 Å². The molecule has 2 aliphatic heterocycles. The van der Waals surface area contributed by atoms with Crippen molar-refractivity contribution < 1.29 is 22.7 Å². The number of rotatable bonds is 2. The lowest BCUT2D eigenvalue weighted by Gasteiger charge is -2.14. The number of amides is 1. The van der Waals surface area contributed by atoms with Crippen molar-refractivity contribution in [3.05, 3.63) is 70.8 Å². The molecule has 2 bridgehead atoms. The van der Waals surface area contributed by atoms with E-state index in [0.29, 0.717) is 0 Å². The predicted molar refractivity (Wildman–Crippen MR) is 89.7 cm³/mol. The molecule has 25 heavy (non-hydrogen) atoms. The first-order valence-electron chi connectivity index (χ1n) is 7.55. The van der Waals surface area contributed by atoms with E-state index in [1.54, 1.807) is 0 Å². The standard InChI is InChI=1S/C12H12F3NO.C7H6O/c1-7(8(2)11(16)17)9-5-3-4-6-10(9)12(13,14)15;1-3-7-4-2-6(1)5-8-7/h3-6H,1-2H3,(H2,16,17);1-4H,5H2. The molecule has 2 N–H and O–H groups in total. The fraction of sp³-hybridized carbons (Fsp3) is 0.211. The first kappa shape index (κ1) is 18.6. The van der Waals surface area contributed by atoms with Gasteiger partial charge < -0.3 is 10.5 Å². The highest BCUT2D eigenvalue weighted by molar-refractivity contribution is 5.99. The molecular formula is C19H18F3NO2. The fourth-order valence-corrected chi connectivity index (χ4v) is 2.29. The van der Waals surface area contributed by atoms with Gasteiger partial charge in [0, 0.05) is 5.57 Å². The predicted octanol–water partition coefficient (Wildman–Crippen LogP) is 4.56. The number of carbonyl (C=O) groups is 1. The molecule has 0 aromatic heterocycles. The second-order valence-corrected chi connectivity index (χ2v) is 5.59. The molecule has 6 heteroatoms. The maximum absolute atomic E-state index is 12.7. The molecule has 0 aliphatic carbocycles. The summed E-state index contributed by atoms with van der Waals surface area (Å²) in [5.74, 6) is 0.263. The van der Waals surface area contributed by atoms with Gasteiger partial charge in [0.15, 0.2) is 0 Å². The van der Waals surface area contributed by atoms with E-state index < -0.39 is 17.6 Å². The average molecular weight is 349 g/mol. The number of benzene rings is 2. The van der Waals surface area contributed by atoms with Crippen molar-refractivity contribution in [3.63, 3.8) is 0 Å². The maximum atomic E-state index is 12.7. The van der Waals surface area contributed by atoms with Gasteiger partial charge in [-0.05, 0) is 48.7 Å². The number of ether oxygens (including phenoxy) is 1. The van der Waals surface area contributed by atoms with Crippen molar-refractivity contribution in [1.29, 1.82) is 0 Å². The van der Waals surface area contributed by atoms with Crippen molar-refractivity contribution in [1.82, 2.24) is 0 Å². The number of allylic oxidation sites excluding steroid dienone is 1. The van der Waals surface area contributed by atoms with Gasteiger partial charge in [-0.1, -0.05) is 30.3 Å². The van der Waals surface area contributed by atoms with Crippen LogP contribution in [0, 0.1) is 0 Å². The Hall–Kier alpha value is -2.76. The number of carbonyl (C=O) groups excluding carboxylic acids is 1. The summed E-state index contributed by atoms with van der Waals surface area (Å²) in [7, 11) is 0. The van der Waals surface area contributed by atoms with E-state index in [4.69, 9.17) is 10.5 Å². The molecule has 2 aromatic rings. The smallest absolute Gasteiger partial charge is 0.416 e. The molecule has 2 aromatic carbocycles. The minimum Gasteiger partial charge on any atom is -0.489 e. The lowest BCUT2D eigenvalue weighted by atomic mass is 9.96. The van der Waals surface area contributed by atoms with Crippen LogP contribution < -0.4 is 10.5 Å². The van der Waals surface area contributed by atoms with E-state index in [1.807, 2.05) is 12.1 Å². The largest absolute Gasteiger partial charge is 0.489 e. The van der Waals surface area contributed by atoms with E-state index in [1.165, 1.54) is 37.6 Å². The summed E-state index contributed by atoms with van der Waals surface area (Å²) in [6.07, 6.45) is -4.45. The Kier molecular flexibility index (Phi) is 5.51. The second kappa shape index (κ2) is 7.42. The molecule has 0 atom stereocenters. The normalized spacial score (nSPS) is 13.3. The first-order chi connectivity index (χ1) is 11.7. The van der Waals surface area contributed by atoms with Crippen molar-refractivity contribution in [2.75, 3.05) is 0 Å². The molecule has 2 heterocycles. The van der Waals surface area contributed by atoms with Gasteiger partial charge in [-0.2, -0.15) is 13.2 Å².